The maximum atomic E-state index is 13.1. The Labute approximate surface area is 201 Å². The van der Waals surface area contributed by atoms with E-state index in [4.69, 9.17) is 52.1 Å². The van der Waals surface area contributed by atoms with Crippen LogP contribution >= 0.6 is 58.6 Å². The number of imide groups is 1. The van der Waals surface area contributed by atoms with Gasteiger partial charge in [0.05, 0.1) is 21.4 Å². The van der Waals surface area contributed by atoms with Crippen molar-refractivity contribution in [1.82, 2.24) is 5.43 Å². The lowest BCUT2D eigenvalue weighted by atomic mass is 10.0. The molecule has 0 spiro atoms. The first-order valence-electron chi connectivity index (χ1n) is 8.32. The average molecular weight is 519 g/mol. The van der Waals surface area contributed by atoms with Crippen LogP contribution in [0.5, 0.6) is 0 Å². The Morgan fingerprint density at radius 1 is 1.03 bits per heavy atom. The van der Waals surface area contributed by atoms with E-state index < -0.39 is 29.4 Å². The highest BCUT2D eigenvalue weighted by atomic mass is 35.5. The summed E-state index contributed by atoms with van der Waals surface area (Å²) >= 11 is 28.6. The predicted molar refractivity (Wildman–Crippen MR) is 125 cm³/mol. The van der Waals surface area contributed by atoms with Crippen LogP contribution in [0.1, 0.15) is 0 Å². The number of thiocarbonyl (C=S) groups is 1. The lowest BCUT2D eigenvalue weighted by molar-refractivity contribution is -0.127. The number of hydrogen-bond donors (Lipinski definition) is 3. The fraction of sp³-hybridized carbons (Fsp3) is 0.0556. The van der Waals surface area contributed by atoms with Crippen molar-refractivity contribution in [3.8, 4) is 0 Å². The highest BCUT2D eigenvalue weighted by Gasteiger charge is 2.50. The second kappa shape index (κ2) is 9.37. The summed E-state index contributed by atoms with van der Waals surface area (Å²) in [4.78, 5) is 39.8. The zero-order valence-corrected chi connectivity index (χ0v) is 19.0. The van der Waals surface area contributed by atoms with Gasteiger partial charge in [-0.25, -0.2) is 4.90 Å². The first-order chi connectivity index (χ1) is 14.6. The van der Waals surface area contributed by atoms with Gasteiger partial charge in [-0.15, -0.1) is 0 Å². The normalized spacial score (nSPS) is 17.2. The number of benzene rings is 2. The molecule has 1 heterocycles. The number of carbonyl (C=O) groups excluding carboxylic acids is 3. The Hall–Kier alpha value is -2.43. The summed E-state index contributed by atoms with van der Waals surface area (Å²) in [5.41, 5.74) is 7.35. The monoisotopic (exact) mass is 517 g/mol. The third kappa shape index (κ3) is 4.91. The van der Waals surface area contributed by atoms with E-state index >= 15 is 0 Å². The molecule has 3 amide bonds. The molecule has 13 heteroatoms. The highest BCUT2D eigenvalue weighted by molar-refractivity contribution is 7.80. The Balaban J connectivity index is 2.02. The summed E-state index contributed by atoms with van der Waals surface area (Å²) in [6.07, 6.45) is 0. The van der Waals surface area contributed by atoms with Gasteiger partial charge in [0.25, 0.3) is 11.8 Å². The quantitative estimate of drug-likeness (QED) is 0.246. The number of halogens is 4. The van der Waals surface area contributed by atoms with Crippen molar-refractivity contribution in [2.24, 2.45) is 16.8 Å². The van der Waals surface area contributed by atoms with Gasteiger partial charge in [-0.3, -0.25) is 19.8 Å². The lowest BCUT2D eigenvalue weighted by Gasteiger charge is -2.16. The first-order valence-corrected chi connectivity index (χ1v) is 10.2. The fourth-order valence-electron chi connectivity index (χ4n) is 2.73. The van der Waals surface area contributed by atoms with Crippen LogP contribution in [-0.4, -0.2) is 28.5 Å². The molecule has 4 N–H and O–H groups in total. The second-order valence-corrected chi connectivity index (χ2v) is 8.22. The molecule has 0 aliphatic carbocycles. The van der Waals surface area contributed by atoms with Crippen molar-refractivity contribution < 1.29 is 14.4 Å². The summed E-state index contributed by atoms with van der Waals surface area (Å²) in [6.45, 7) is 0. The van der Waals surface area contributed by atoms with E-state index in [9.17, 15) is 14.4 Å². The van der Waals surface area contributed by atoms with Crippen LogP contribution in [0.2, 0.25) is 20.1 Å². The van der Waals surface area contributed by atoms with Crippen molar-refractivity contribution in [3.63, 3.8) is 0 Å². The smallest absolute Gasteiger partial charge is 0.282 e. The number of carbonyl (C=O) groups is 3. The molecule has 0 radical (unpaired) electrons. The molecule has 3 rings (SSSR count). The zero-order valence-electron chi connectivity index (χ0n) is 15.2. The van der Waals surface area contributed by atoms with Gasteiger partial charge in [0.2, 0.25) is 5.91 Å². The topological polar surface area (TPSA) is 117 Å². The van der Waals surface area contributed by atoms with E-state index in [0.717, 1.165) is 4.90 Å². The van der Waals surface area contributed by atoms with Gasteiger partial charge in [-0.1, -0.05) is 46.4 Å². The van der Waals surface area contributed by atoms with Crippen molar-refractivity contribution in [1.29, 1.82) is 0 Å². The average Bonchev–Trinajstić information content (AvgIpc) is 2.92. The van der Waals surface area contributed by atoms with E-state index in [1.165, 1.54) is 36.4 Å². The largest absolute Gasteiger partial charge is 0.375 e. The molecule has 31 heavy (non-hydrogen) atoms. The van der Waals surface area contributed by atoms with Crippen molar-refractivity contribution >= 4 is 98.5 Å². The fourth-order valence-corrected chi connectivity index (χ4v) is 3.73. The Morgan fingerprint density at radius 3 is 2.23 bits per heavy atom. The molecular formula is C18H11Cl4N5O3S. The molecule has 1 aliphatic rings. The maximum Gasteiger partial charge on any atom is 0.282 e. The van der Waals surface area contributed by atoms with E-state index in [-0.39, 0.29) is 26.5 Å². The van der Waals surface area contributed by atoms with Crippen LogP contribution in [0.4, 0.5) is 11.4 Å². The van der Waals surface area contributed by atoms with Crippen molar-refractivity contribution in [2.75, 3.05) is 10.2 Å². The van der Waals surface area contributed by atoms with Gasteiger partial charge >= 0.3 is 0 Å². The van der Waals surface area contributed by atoms with Crippen LogP contribution in [0.25, 0.3) is 0 Å². The summed E-state index contributed by atoms with van der Waals surface area (Å²) in [7, 11) is 0. The van der Waals surface area contributed by atoms with E-state index in [2.05, 4.69) is 28.1 Å². The second-order valence-electron chi connectivity index (χ2n) is 6.09. The molecule has 1 fully saturated rings. The van der Waals surface area contributed by atoms with Crippen molar-refractivity contribution in [3.05, 3.63) is 56.5 Å². The molecule has 1 unspecified atom stereocenters. The van der Waals surface area contributed by atoms with E-state index in [0.29, 0.717) is 10.0 Å². The van der Waals surface area contributed by atoms with E-state index in [1.807, 2.05) is 0 Å². The maximum absolute atomic E-state index is 13.1. The van der Waals surface area contributed by atoms with E-state index in [1.54, 1.807) is 0 Å². The standard InChI is InChI=1S/C18H11Cl4N5O3S/c19-7-1-3-11(9(21)5-7)24-15(28)13-14(25-26-18(23)31)17(30)27(16(13)29)12-4-2-8(20)6-10(12)22/h1-6,13H,(H,24,28)(H3,23,26,31)/b25-14+. The van der Waals surface area contributed by atoms with Crippen LogP contribution in [0, 0.1) is 5.92 Å². The number of hydrazone groups is 1. The van der Waals surface area contributed by atoms with Gasteiger partial charge in [0.15, 0.2) is 11.0 Å². The molecule has 1 atom stereocenters. The summed E-state index contributed by atoms with van der Waals surface area (Å²) in [6, 6.07) is 8.51. The molecule has 2 aromatic carbocycles. The minimum absolute atomic E-state index is 0.0256. The third-order valence-corrected chi connectivity index (χ3v) is 5.23. The third-order valence-electron chi connectivity index (χ3n) is 4.05. The van der Waals surface area contributed by atoms with Crippen LogP contribution in [0.3, 0.4) is 0 Å². The van der Waals surface area contributed by atoms with Gasteiger partial charge in [-0.2, -0.15) is 5.10 Å². The number of hydrogen-bond acceptors (Lipinski definition) is 5. The summed E-state index contributed by atoms with van der Waals surface area (Å²) in [5.74, 6) is -4.27. The molecule has 0 bridgehead atoms. The molecule has 1 aliphatic heterocycles. The zero-order chi connectivity index (χ0) is 22.9. The van der Waals surface area contributed by atoms with Gasteiger partial charge < -0.3 is 11.1 Å². The molecule has 1 saturated heterocycles. The lowest BCUT2D eigenvalue weighted by Crippen LogP contribution is -2.35. The summed E-state index contributed by atoms with van der Waals surface area (Å²) in [5, 5.41) is 6.79. The molecular weight excluding hydrogens is 508 g/mol. The Bertz CT molecular complexity index is 1160. The van der Waals surface area contributed by atoms with Crippen LogP contribution in [-0.2, 0) is 14.4 Å². The number of nitrogens with two attached hydrogens (primary N) is 1. The van der Waals surface area contributed by atoms with Gasteiger partial charge in [-0.05, 0) is 48.6 Å². The highest BCUT2D eigenvalue weighted by Crippen LogP contribution is 2.34. The Morgan fingerprint density at radius 2 is 1.65 bits per heavy atom. The first kappa shape index (κ1) is 23.2. The molecule has 2 aromatic rings. The van der Waals surface area contributed by atoms with Crippen LogP contribution in [0.15, 0.2) is 41.5 Å². The molecule has 0 saturated carbocycles. The number of anilines is 2. The number of rotatable bonds is 4. The minimum Gasteiger partial charge on any atom is -0.375 e. The number of nitrogens with zero attached hydrogens (tertiary/aromatic N) is 2. The van der Waals surface area contributed by atoms with Crippen molar-refractivity contribution in [2.45, 2.75) is 0 Å². The predicted octanol–water partition coefficient (Wildman–Crippen LogP) is 3.62. The molecule has 160 valence electrons. The summed E-state index contributed by atoms with van der Waals surface area (Å²) < 4.78 is 0. The Kier molecular flexibility index (Phi) is 7.03. The minimum atomic E-state index is -1.63. The van der Waals surface area contributed by atoms with Gasteiger partial charge in [0.1, 0.15) is 5.71 Å². The molecule has 8 nitrogen and oxygen atoms in total. The number of nitrogens with one attached hydrogen (secondary N) is 2. The van der Waals surface area contributed by atoms with Gasteiger partial charge in [0, 0.05) is 10.0 Å². The SMILES string of the molecule is NC(=S)N/N=C1/C(=O)N(c2ccc(Cl)cc2Cl)C(=O)C1C(=O)Nc1ccc(Cl)cc1Cl. The van der Waals surface area contributed by atoms with Crippen LogP contribution < -0.4 is 21.4 Å². The number of amides is 3. The molecule has 0 aromatic heterocycles.